The van der Waals surface area contributed by atoms with Gasteiger partial charge in [-0.1, -0.05) is 30.7 Å². The Labute approximate surface area is 149 Å². The molecule has 2 aromatic carbocycles. The zero-order valence-electron chi connectivity index (χ0n) is 14.6. The highest BCUT2D eigenvalue weighted by Gasteiger charge is 2.11. The number of rotatable bonds is 5. The lowest BCUT2D eigenvalue weighted by atomic mass is 10.1. The highest BCUT2D eigenvalue weighted by atomic mass is 16.5. The zero-order valence-corrected chi connectivity index (χ0v) is 14.6. The van der Waals surface area contributed by atoms with Gasteiger partial charge in [0, 0.05) is 12.2 Å². The van der Waals surface area contributed by atoms with Crippen LogP contribution in [-0.4, -0.2) is 31.1 Å². The van der Waals surface area contributed by atoms with E-state index in [0.717, 1.165) is 12.2 Å². The summed E-state index contributed by atoms with van der Waals surface area (Å²) in [6, 6.07) is 15.1. The molecule has 0 spiro atoms. The molecule has 0 aliphatic carbocycles. The van der Waals surface area contributed by atoms with Crippen LogP contribution in [0, 0.1) is 0 Å². The average Bonchev–Trinajstić information content (AvgIpc) is 2.64. The van der Waals surface area contributed by atoms with E-state index in [0.29, 0.717) is 11.4 Å². The lowest BCUT2D eigenvalue weighted by molar-refractivity contribution is 0.221. The number of hydrogen-bond acceptors (Lipinski definition) is 3. The summed E-state index contributed by atoms with van der Waals surface area (Å²) >= 11 is 0. The van der Waals surface area contributed by atoms with Gasteiger partial charge in [0.15, 0.2) is 0 Å². The summed E-state index contributed by atoms with van der Waals surface area (Å²) in [5.74, 6) is 0.634. The Bertz CT molecular complexity index is 694. The largest absolute Gasteiger partial charge is 0.495 e. The van der Waals surface area contributed by atoms with Gasteiger partial charge in [-0.2, -0.15) is 0 Å². The standard InChI is InChI=1S/C20H25N3O2/c1-25-19-8-4-3-7-18(19)22-20(24)21-17-11-9-16(10-12-17)15-23-13-5-2-6-14-23/h3-4,7-12H,2,5-6,13-15H2,1H3,(H2,21,22,24). The number of hydrogen-bond donors (Lipinski definition) is 2. The van der Waals surface area contributed by atoms with E-state index < -0.39 is 0 Å². The molecule has 25 heavy (non-hydrogen) atoms. The van der Waals surface area contributed by atoms with Crippen LogP contribution in [0.15, 0.2) is 48.5 Å². The smallest absolute Gasteiger partial charge is 0.323 e. The van der Waals surface area contributed by atoms with Crippen molar-refractivity contribution in [1.29, 1.82) is 0 Å². The fourth-order valence-electron chi connectivity index (χ4n) is 3.10. The van der Waals surface area contributed by atoms with E-state index in [9.17, 15) is 4.79 Å². The van der Waals surface area contributed by atoms with Crippen molar-refractivity contribution in [2.75, 3.05) is 30.8 Å². The minimum atomic E-state index is -0.284. The van der Waals surface area contributed by atoms with Crippen molar-refractivity contribution < 1.29 is 9.53 Å². The maximum Gasteiger partial charge on any atom is 0.323 e. The fourth-order valence-corrected chi connectivity index (χ4v) is 3.10. The summed E-state index contributed by atoms with van der Waals surface area (Å²) in [6.45, 7) is 3.34. The van der Waals surface area contributed by atoms with Crippen molar-refractivity contribution in [3.05, 3.63) is 54.1 Å². The molecule has 5 heteroatoms. The van der Waals surface area contributed by atoms with E-state index in [1.165, 1.54) is 37.9 Å². The number of nitrogens with zero attached hydrogens (tertiary/aromatic N) is 1. The summed E-state index contributed by atoms with van der Waals surface area (Å²) in [4.78, 5) is 14.7. The molecule has 132 valence electrons. The number of carbonyl (C=O) groups excluding carboxylic acids is 1. The van der Waals surface area contributed by atoms with Crippen LogP contribution in [0.25, 0.3) is 0 Å². The van der Waals surface area contributed by atoms with Gasteiger partial charge in [0.1, 0.15) is 5.75 Å². The molecule has 2 aromatic rings. The third-order valence-corrected chi connectivity index (χ3v) is 4.42. The first-order valence-corrected chi connectivity index (χ1v) is 8.77. The van der Waals surface area contributed by atoms with E-state index >= 15 is 0 Å². The molecule has 0 atom stereocenters. The van der Waals surface area contributed by atoms with Crippen molar-refractivity contribution in [1.82, 2.24) is 4.90 Å². The first kappa shape index (κ1) is 17.3. The summed E-state index contributed by atoms with van der Waals surface area (Å²) in [5.41, 5.74) is 2.69. The minimum absolute atomic E-state index is 0.284. The Balaban J connectivity index is 1.54. The highest BCUT2D eigenvalue weighted by Crippen LogP contribution is 2.23. The summed E-state index contributed by atoms with van der Waals surface area (Å²) in [5, 5.41) is 5.66. The average molecular weight is 339 g/mol. The van der Waals surface area contributed by atoms with Crippen LogP contribution in [0.4, 0.5) is 16.2 Å². The predicted molar refractivity (Wildman–Crippen MR) is 101 cm³/mol. The van der Waals surface area contributed by atoms with E-state index in [2.05, 4.69) is 27.7 Å². The van der Waals surface area contributed by atoms with Gasteiger partial charge in [0.25, 0.3) is 0 Å². The number of urea groups is 1. The monoisotopic (exact) mass is 339 g/mol. The van der Waals surface area contributed by atoms with Gasteiger partial charge in [-0.15, -0.1) is 0 Å². The number of anilines is 2. The maximum atomic E-state index is 12.2. The molecule has 0 bridgehead atoms. The van der Waals surface area contributed by atoms with E-state index in [-0.39, 0.29) is 6.03 Å². The van der Waals surface area contributed by atoms with Crippen LogP contribution in [0.3, 0.4) is 0 Å². The third-order valence-electron chi connectivity index (χ3n) is 4.42. The van der Waals surface area contributed by atoms with Crippen LogP contribution in [0.5, 0.6) is 5.75 Å². The van der Waals surface area contributed by atoms with Crippen molar-refractivity contribution in [3.8, 4) is 5.75 Å². The molecule has 0 aromatic heterocycles. The molecule has 0 radical (unpaired) electrons. The fraction of sp³-hybridized carbons (Fsp3) is 0.350. The summed E-state index contributed by atoms with van der Waals surface area (Å²) in [6.07, 6.45) is 3.94. The lowest BCUT2D eigenvalue weighted by Gasteiger charge is -2.26. The SMILES string of the molecule is COc1ccccc1NC(=O)Nc1ccc(CN2CCCCC2)cc1. The Hall–Kier alpha value is -2.53. The van der Waals surface area contributed by atoms with Crippen LogP contribution < -0.4 is 15.4 Å². The number of benzene rings is 2. The van der Waals surface area contributed by atoms with Crippen LogP contribution in [0.2, 0.25) is 0 Å². The molecular formula is C20H25N3O2. The van der Waals surface area contributed by atoms with E-state index in [1.807, 2.05) is 30.3 Å². The normalized spacial score (nSPS) is 14.8. The molecule has 1 fully saturated rings. The molecular weight excluding hydrogens is 314 g/mol. The molecule has 1 saturated heterocycles. The van der Waals surface area contributed by atoms with Crippen LogP contribution in [-0.2, 0) is 6.54 Å². The molecule has 1 aliphatic heterocycles. The predicted octanol–water partition coefficient (Wildman–Crippen LogP) is 4.33. The highest BCUT2D eigenvalue weighted by molar-refractivity contribution is 6.00. The van der Waals surface area contributed by atoms with Gasteiger partial charge in [0.2, 0.25) is 0 Å². The number of ether oxygens (including phenoxy) is 1. The van der Waals surface area contributed by atoms with Crippen molar-refractivity contribution in [2.24, 2.45) is 0 Å². The molecule has 1 heterocycles. The van der Waals surface area contributed by atoms with E-state index in [1.54, 1.807) is 13.2 Å². The van der Waals surface area contributed by atoms with Gasteiger partial charge in [-0.3, -0.25) is 4.90 Å². The van der Waals surface area contributed by atoms with Crippen LogP contribution in [0.1, 0.15) is 24.8 Å². The second-order valence-corrected chi connectivity index (χ2v) is 6.31. The minimum Gasteiger partial charge on any atom is -0.495 e. The van der Waals surface area contributed by atoms with Crippen molar-refractivity contribution >= 4 is 17.4 Å². The Morgan fingerprint density at radius 2 is 1.72 bits per heavy atom. The lowest BCUT2D eigenvalue weighted by Crippen LogP contribution is -2.29. The number of carbonyl (C=O) groups is 1. The third kappa shape index (κ3) is 4.97. The topological polar surface area (TPSA) is 53.6 Å². The number of para-hydroxylation sites is 2. The molecule has 3 rings (SSSR count). The van der Waals surface area contributed by atoms with Crippen LogP contribution >= 0.6 is 0 Å². The van der Waals surface area contributed by atoms with E-state index in [4.69, 9.17) is 4.74 Å². The molecule has 0 unspecified atom stereocenters. The Morgan fingerprint density at radius 1 is 1.00 bits per heavy atom. The second-order valence-electron chi connectivity index (χ2n) is 6.31. The van der Waals surface area contributed by atoms with Gasteiger partial charge < -0.3 is 15.4 Å². The molecule has 2 amide bonds. The van der Waals surface area contributed by atoms with Gasteiger partial charge in [0.05, 0.1) is 12.8 Å². The van der Waals surface area contributed by atoms with Gasteiger partial charge >= 0.3 is 6.03 Å². The number of nitrogens with one attached hydrogen (secondary N) is 2. The molecule has 2 N–H and O–H groups in total. The molecule has 1 aliphatic rings. The first-order chi connectivity index (χ1) is 12.2. The first-order valence-electron chi connectivity index (χ1n) is 8.77. The van der Waals surface area contributed by atoms with Gasteiger partial charge in [-0.25, -0.2) is 4.79 Å². The number of likely N-dealkylation sites (tertiary alicyclic amines) is 1. The van der Waals surface area contributed by atoms with Gasteiger partial charge in [-0.05, 0) is 55.8 Å². The quantitative estimate of drug-likeness (QED) is 0.853. The Morgan fingerprint density at radius 3 is 2.44 bits per heavy atom. The number of methoxy groups -OCH3 is 1. The molecule has 0 saturated carbocycles. The summed E-state index contributed by atoms with van der Waals surface area (Å²) in [7, 11) is 1.58. The maximum absolute atomic E-state index is 12.2. The van der Waals surface area contributed by atoms with Crippen molar-refractivity contribution in [2.45, 2.75) is 25.8 Å². The zero-order chi connectivity index (χ0) is 17.5. The Kier molecular flexibility index (Phi) is 5.90. The van der Waals surface area contributed by atoms with Crippen molar-refractivity contribution in [3.63, 3.8) is 0 Å². The molecule has 5 nitrogen and oxygen atoms in total. The second kappa shape index (κ2) is 8.53. The number of piperidine rings is 1. The summed E-state index contributed by atoms with van der Waals surface area (Å²) < 4.78 is 5.24. The number of amides is 2.